The number of aryl methyl sites for hydroxylation is 1. The Bertz CT molecular complexity index is 794. The zero-order valence-corrected chi connectivity index (χ0v) is 13.6. The molecule has 1 N–H and O–H groups in total. The molecule has 0 atom stereocenters. The third-order valence-corrected chi connectivity index (χ3v) is 4.37. The van der Waals surface area contributed by atoms with Gasteiger partial charge in [-0.15, -0.1) is 0 Å². The number of aliphatic imine (C=N–C) groups is 1. The molecule has 1 aliphatic rings. The lowest BCUT2D eigenvalue weighted by molar-refractivity contribution is -0.122. The smallest absolute Gasteiger partial charge is 0.266 e. The minimum atomic E-state index is -0.112. The zero-order chi connectivity index (χ0) is 16.4. The molecule has 5 nitrogen and oxygen atoms in total. The molecule has 3 rings (SSSR count). The number of amides is 1. The van der Waals surface area contributed by atoms with Crippen molar-refractivity contribution in [1.82, 2.24) is 4.90 Å². The number of carbonyl (C=O) groups excluding carboxylic acids is 1. The summed E-state index contributed by atoms with van der Waals surface area (Å²) in [6, 6.07) is 8.82. The third kappa shape index (κ3) is 3.17. The second-order valence-corrected chi connectivity index (χ2v) is 6.07. The topological polar surface area (TPSA) is 66.0 Å². The number of rotatable bonds is 3. The van der Waals surface area contributed by atoms with Crippen molar-refractivity contribution >= 4 is 34.6 Å². The third-order valence-electron chi connectivity index (χ3n) is 3.37. The molecule has 1 aromatic carbocycles. The van der Waals surface area contributed by atoms with Gasteiger partial charge in [0.1, 0.15) is 17.2 Å². The molecule has 0 unspecified atom stereocenters. The van der Waals surface area contributed by atoms with Crippen molar-refractivity contribution in [3.63, 3.8) is 0 Å². The van der Waals surface area contributed by atoms with E-state index in [2.05, 4.69) is 4.99 Å². The monoisotopic (exact) mass is 328 g/mol. The van der Waals surface area contributed by atoms with Gasteiger partial charge in [0.15, 0.2) is 5.17 Å². The second kappa shape index (κ2) is 6.34. The van der Waals surface area contributed by atoms with Crippen molar-refractivity contribution in [3.8, 4) is 5.75 Å². The summed E-state index contributed by atoms with van der Waals surface area (Å²) >= 11 is 1.27. The molecule has 2 heterocycles. The molecule has 6 heteroatoms. The van der Waals surface area contributed by atoms with Gasteiger partial charge < -0.3 is 9.52 Å². The number of likely N-dealkylation sites (N-methyl/N-ethyl adjacent to an activating group) is 1. The molecular weight excluding hydrogens is 312 g/mol. The SMILES string of the molecule is CCN1C(=O)/C(=C/c2ccco2)SC1=Nc1ccc(C)cc1O. The maximum absolute atomic E-state index is 12.5. The minimum Gasteiger partial charge on any atom is -0.506 e. The number of aromatic hydroxyl groups is 1. The highest BCUT2D eigenvalue weighted by molar-refractivity contribution is 8.18. The van der Waals surface area contributed by atoms with E-state index >= 15 is 0 Å². The Labute approximate surface area is 138 Å². The van der Waals surface area contributed by atoms with Crippen LogP contribution in [0.5, 0.6) is 5.75 Å². The van der Waals surface area contributed by atoms with E-state index < -0.39 is 0 Å². The Balaban J connectivity index is 1.95. The molecule has 0 bridgehead atoms. The number of phenolic OH excluding ortho intramolecular Hbond substituents is 1. The van der Waals surface area contributed by atoms with Crippen molar-refractivity contribution in [1.29, 1.82) is 0 Å². The molecule has 1 amide bonds. The van der Waals surface area contributed by atoms with Crippen molar-refractivity contribution in [2.45, 2.75) is 13.8 Å². The van der Waals surface area contributed by atoms with Crippen LogP contribution in [0.25, 0.3) is 6.08 Å². The number of hydrogen-bond donors (Lipinski definition) is 1. The van der Waals surface area contributed by atoms with Crippen molar-refractivity contribution in [2.75, 3.05) is 6.54 Å². The van der Waals surface area contributed by atoms with Gasteiger partial charge >= 0.3 is 0 Å². The van der Waals surface area contributed by atoms with E-state index in [1.807, 2.05) is 19.9 Å². The highest BCUT2D eigenvalue weighted by atomic mass is 32.2. The average Bonchev–Trinajstić information content (AvgIpc) is 3.12. The molecule has 118 valence electrons. The first-order chi connectivity index (χ1) is 11.1. The maximum Gasteiger partial charge on any atom is 0.266 e. The van der Waals surface area contributed by atoms with E-state index in [-0.39, 0.29) is 11.7 Å². The number of hydrogen-bond acceptors (Lipinski definition) is 5. The Morgan fingerprint density at radius 1 is 1.39 bits per heavy atom. The number of furan rings is 1. The Morgan fingerprint density at radius 2 is 2.22 bits per heavy atom. The predicted molar refractivity (Wildman–Crippen MR) is 91.6 cm³/mol. The second-order valence-electron chi connectivity index (χ2n) is 5.06. The maximum atomic E-state index is 12.5. The fourth-order valence-electron chi connectivity index (χ4n) is 2.20. The molecule has 23 heavy (non-hydrogen) atoms. The standard InChI is InChI=1S/C17H16N2O3S/c1-3-19-16(21)15(10-12-5-4-8-22-12)23-17(19)18-13-7-6-11(2)9-14(13)20/h4-10,20H,3H2,1-2H3/b15-10-,18-17?. The molecule has 1 aromatic heterocycles. The fraction of sp³-hybridized carbons (Fsp3) is 0.176. The lowest BCUT2D eigenvalue weighted by Gasteiger charge is -2.12. The van der Waals surface area contributed by atoms with Gasteiger partial charge in [-0.3, -0.25) is 9.69 Å². The molecule has 0 saturated carbocycles. The number of thioether (sulfide) groups is 1. The van der Waals surface area contributed by atoms with Gasteiger partial charge in [-0.1, -0.05) is 6.07 Å². The molecule has 0 radical (unpaired) electrons. The van der Waals surface area contributed by atoms with Crippen molar-refractivity contribution < 1.29 is 14.3 Å². The van der Waals surface area contributed by atoms with Crippen LogP contribution in [-0.2, 0) is 4.79 Å². The molecule has 1 aliphatic heterocycles. The largest absolute Gasteiger partial charge is 0.506 e. The van der Waals surface area contributed by atoms with Gasteiger partial charge in [0.2, 0.25) is 0 Å². The Hall–Kier alpha value is -2.47. The predicted octanol–water partition coefficient (Wildman–Crippen LogP) is 3.92. The molecular formula is C17H16N2O3S. The first-order valence-electron chi connectivity index (χ1n) is 7.21. The van der Waals surface area contributed by atoms with Gasteiger partial charge in [-0.25, -0.2) is 4.99 Å². The molecule has 2 aromatic rings. The van der Waals surface area contributed by atoms with Crippen molar-refractivity contribution in [3.05, 3.63) is 52.8 Å². The van der Waals surface area contributed by atoms with E-state index in [4.69, 9.17) is 4.42 Å². The number of amidine groups is 1. The molecule has 0 aliphatic carbocycles. The first-order valence-corrected chi connectivity index (χ1v) is 8.03. The number of phenols is 1. The minimum absolute atomic E-state index is 0.102. The van der Waals surface area contributed by atoms with Crippen LogP contribution in [0.15, 0.2) is 50.9 Å². The Kier molecular flexibility index (Phi) is 4.25. The number of carbonyl (C=O) groups is 1. The van der Waals surface area contributed by atoms with E-state index in [1.165, 1.54) is 11.8 Å². The highest BCUT2D eigenvalue weighted by Crippen LogP contribution is 2.36. The summed E-state index contributed by atoms with van der Waals surface area (Å²) in [5.74, 6) is 0.612. The van der Waals surface area contributed by atoms with Gasteiger partial charge in [0, 0.05) is 12.6 Å². The Morgan fingerprint density at radius 3 is 2.87 bits per heavy atom. The van der Waals surface area contributed by atoms with E-state index in [1.54, 1.807) is 41.5 Å². The fourth-order valence-corrected chi connectivity index (χ4v) is 3.24. The van der Waals surface area contributed by atoms with Crippen molar-refractivity contribution in [2.24, 2.45) is 4.99 Å². The van der Waals surface area contributed by atoms with Crippen LogP contribution in [0.3, 0.4) is 0 Å². The quantitative estimate of drug-likeness (QED) is 0.867. The summed E-state index contributed by atoms with van der Waals surface area (Å²) in [4.78, 5) is 19.0. The number of benzene rings is 1. The average molecular weight is 328 g/mol. The lowest BCUT2D eigenvalue weighted by atomic mass is 10.2. The van der Waals surface area contributed by atoms with Crippen LogP contribution < -0.4 is 0 Å². The highest BCUT2D eigenvalue weighted by Gasteiger charge is 2.32. The molecule has 0 spiro atoms. The number of nitrogens with zero attached hydrogens (tertiary/aromatic N) is 2. The lowest BCUT2D eigenvalue weighted by Crippen LogP contribution is -2.28. The van der Waals surface area contributed by atoms with E-state index in [0.717, 1.165) is 5.56 Å². The van der Waals surface area contributed by atoms with E-state index in [0.29, 0.717) is 28.1 Å². The summed E-state index contributed by atoms with van der Waals surface area (Å²) in [6.45, 7) is 4.29. The van der Waals surface area contributed by atoms with Crippen LogP contribution in [0.4, 0.5) is 5.69 Å². The summed E-state index contributed by atoms with van der Waals surface area (Å²) in [5, 5.41) is 10.6. The van der Waals surface area contributed by atoms with Gasteiger partial charge in [0.05, 0.1) is 11.2 Å². The van der Waals surface area contributed by atoms with E-state index in [9.17, 15) is 9.90 Å². The van der Waals surface area contributed by atoms with Crippen LogP contribution in [0.1, 0.15) is 18.2 Å². The summed E-state index contributed by atoms with van der Waals surface area (Å²) in [5.41, 5.74) is 1.40. The first kappa shape index (κ1) is 15.4. The van der Waals surface area contributed by atoms with Gasteiger partial charge in [-0.05, 0) is 55.4 Å². The van der Waals surface area contributed by atoms with Gasteiger partial charge in [-0.2, -0.15) is 0 Å². The molecule has 1 fully saturated rings. The normalized spacial score (nSPS) is 18.3. The molecule has 1 saturated heterocycles. The summed E-state index contributed by atoms with van der Waals surface area (Å²) in [7, 11) is 0. The summed E-state index contributed by atoms with van der Waals surface area (Å²) < 4.78 is 5.26. The van der Waals surface area contributed by atoms with Crippen LogP contribution >= 0.6 is 11.8 Å². The van der Waals surface area contributed by atoms with Gasteiger partial charge in [0.25, 0.3) is 5.91 Å². The van der Waals surface area contributed by atoms with Crippen LogP contribution in [-0.4, -0.2) is 27.6 Å². The van der Waals surface area contributed by atoms with Crippen LogP contribution in [0, 0.1) is 6.92 Å². The zero-order valence-electron chi connectivity index (χ0n) is 12.8. The summed E-state index contributed by atoms with van der Waals surface area (Å²) in [6.07, 6.45) is 3.26. The van der Waals surface area contributed by atoms with Crippen LogP contribution in [0.2, 0.25) is 0 Å².